The zero-order chi connectivity index (χ0) is 14.8. The highest BCUT2D eigenvalue weighted by molar-refractivity contribution is 6.30. The summed E-state index contributed by atoms with van der Waals surface area (Å²) >= 11 is 5.72. The Balaban J connectivity index is 1.96. The second-order valence-corrected chi connectivity index (χ2v) is 6.18. The van der Waals surface area contributed by atoms with E-state index in [0.717, 1.165) is 31.2 Å². The lowest BCUT2D eigenvalue weighted by atomic mass is 9.74. The molecule has 1 aliphatic carbocycles. The molecular formula is C15H20ClFN2O. The topological polar surface area (TPSA) is 55.1 Å². The van der Waals surface area contributed by atoms with Crippen molar-refractivity contribution in [1.29, 1.82) is 0 Å². The largest absolute Gasteiger partial charge is 0.352 e. The normalized spacial score (nSPS) is 26.3. The maximum atomic E-state index is 13.1. The third-order valence-corrected chi connectivity index (χ3v) is 4.31. The summed E-state index contributed by atoms with van der Waals surface area (Å²) in [6.45, 7) is 2.27. The van der Waals surface area contributed by atoms with E-state index in [4.69, 9.17) is 17.3 Å². The van der Waals surface area contributed by atoms with Crippen LogP contribution in [0.2, 0.25) is 5.02 Å². The number of hydrogen-bond acceptors (Lipinski definition) is 2. The van der Waals surface area contributed by atoms with E-state index < -0.39 is 11.4 Å². The third kappa shape index (κ3) is 3.49. The van der Waals surface area contributed by atoms with Gasteiger partial charge < -0.3 is 11.1 Å². The van der Waals surface area contributed by atoms with Crippen molar-refractivity contribution in [2.24, 2.45) is 11.7 Å². The molecule has 20 heavy (non-hydrogen) atoms. The average Bonchev–Trinajstić information content (AvgIpc) is 2.39. The van der Waals surface area contributed by atoms with Gasteiger partial charge in [-0.25, -0.2) is 4.39 Å². The van der Waals surface area contributed by atoms with Crippen LogP contribution >= 0.6 is 11.6 Å². The Kier molecular flexibility index (Phi) is 4.66. The van der Waals surface area contributed by atoms with E-state index in [0.29, 0.717) is 6.54 Å². The maximum Gasteiger partial charge on any atom is 0.225 e. The maximum absolute atomic E-state index is 13.1. The van der Waals surface area contributed by atoms with Crippen LogP contribution in [0.15, 0.2) is 18.2 Å². The Bertz CT molecular complexity index is 505. The molecule has 2 rings (SSSR count). The molecule has 0 radical (unpaired) electrons. The van der Waals surface area contributed by atoms with Gasteiger partial charge in [-0.15, -0.1) is 0 Å². The Morgan fingerprint density at radius 1 is 1.55 bits per heavy atom. The highest BCUT2D eigenvalue weighted by atomic mass is 35.5. The SMILES string of the molecule is CC1(N)CCCCC1C(=O)NCc1ccc(F)c(Cl)c1. The van der Waals surface area contributed by atoms with E-state index in [-0.39, 0.29) is 16.8 Å². The number of amides is 1. The highest BCUT2D eigenvalue weighted by Gasteiger charge is 2.37. The van der Waals surface area contributed by atoms with Crippen LogP contribution in [0.3, 0.4) is 0 Å². The van der Waals surface area contributed by atoms with Crippen molar-refractivity contribution in [1.82, 2.24) is 5.32 Å². The van der Waals surface area contributed by atoms with Crippen LogP contribution in [0, 0.1) is 11.7 Å². The van der Waals surface area contributed by atoms with Crippen molar-refractivity contribution in [3.05, 3.63) is 34.6 Å². The van der Waals surface area contributed by atoms with Gasteiger partial charge in [0.25, 0.3) is 0 Å². The fourth-order valence-corrected chi connectivity index (χ4v) is 2.95. The molecular weight excluding hydrogens is 279 g/mol. The first kappa shape index (κ1) is 15.3. The van der Waals surface area contributed by atoms with Crippen LogP contribution in [-0.4, -0.2) is 11.4 Å². The Morgan fingerprint density at radius 2 is 2.30 bits per heavy atom. The zero-order valence-corrected chi connectivity index (χ0v) is 12.3. The molecule has 0 aliphatic heterocycles. The van der Waals surface area contributed by atoms with Gasteiger partial charge in [0.2, 0.25) is 5.91 Å². The molecule has 0 spiro atoms. The van der Waals surface area contributed by atoms with E-state index >= 15 is 0 Å². The molecule has 110 valence electrons. The summed E-state index contributed by atoms with van der Waals surface area (Å²) < 4.78 is 13.1. The van der Waals surface area contributed by atoms with Gasteiger partial charge in [-0.3, -0.25) is 4.79 Å². The van der Waals surface area contributed by atoms with Gasteiger partial charge in [-0.1, -0.05) is 30.5 Å². The first-order valence-electron chi connectivity index (χ1n) is 6.91. The predicted octanol–water partition coefficient (Wildman–Crippen LogP) is 3.00. The summed E-state index contributed by atoms with van der Waals surface area (Å²) in [5.74, 6) is -0.647. The summed E-state index contributed by atoms with van der Waals surface area (Å²) in [5.41, 5.74) is 6.54. The number of nitrogens with two attached hydrogens (primary N) is 1. The van der Waals surface area contributed by atoms with Crippen LogP contribution in [-0.2, 0) is 11.3 Å². The van der Waals surface area contributed by atoms with Crippen LogP contribution in [0.25, 0.3) is 0 Å². The predicted molar refractivity (Wildman–Crippen MR) is 77.8 cm³/mol. The Hall–Kier alpha value is -1.13. The molecule has 2 unspecified atom stereocenters. The van der Waals surface area contributed by atoms with Gasteiger partial charge in [-0.2, -0.15) is 0 Å². The zero-order valence-electron chi connectivity index (χ0n) is 11.6. The molecule has 0 heterocycles. The van der Waals surface area contributed by atoms with Crippen LogP contribution in [0.4, 0.5) is 4.39 Å². The summed E-state index contributed by atoms with van der Waals surface area (Å²) in [7, 11) is 0. The molecule has 0 bridgehead atoms. The van der Waals surface area contributed by atoms with Crippen LogP contribution in [0.5, 0.6) is 0 Å². The molecule has 1 fully saturated rings. The van der Waals surface area contributed by atoms with Crippen molar-refractivity contribution in [3.8, 4) is 0 Å². The van der Waals surface area contributed by atoms with E-state index in [1.54, 1.807) is 6.07 Å². The van der Waals surface area contributed by atoms with Crippen molar-refractivity contribution in [3.63, 3.8) is 0 Å². The van der Waals surface area contributed by atoms with Crippen LogP contribution in [0.1, 0.15) is 38.2 Å². The Labute approximate surface area is 123 Å². The lowest BCUT2D eigenvalue weighted by Crippen LogP contribution is -2.52. The van der Waals surface area contributed by atoms with Gasteiger partial charge in [-0.05, 0) is 37.5 Å². The third-order valence-electron chi connectivity index (χ3n) is 4.02. The van der Waals surface area contributed by atoms with Crippen molar-refractivity contribution in [2.75, 3.05) is 0 Å². The van der Waals surface area contributed by atoms with Crippen molar-refractivity contribution < 1.29 is 9.18 Å². The van der Waals surface area contributed by atoms with E-state index in [1.807, 2.05) is 6.92 Å². The smallest absolute Gasteiger partial charge is 0.225 e. The summed E-state index contributed by atoms with van der Waals surface area (Å²) in [4.78, 5) is 12.2. The fraction of sp³-hybridized carbons (Fsp3) is 0.533. The highest BCUT2D eigenvalue weighted by Crippen LogP contribution is 2.31. The summed E-state index contributed by atoms with van der Waals surface area (Å²) in [6.07, 6.45) is 3.80. The molecule has 0 saturated heterocycles. The number of benzene rings is 1. The summed E-state index contributed by atoms with van der Waals surface area (Å²) in [6, 6.07) is 4.45. The molecule has 1 aromatic carbocycles. The quantitative estimate of drug-likeness (QED) is 0.901. The molecule has 2 atom stereocenters. The number of hydrogen-bond donors (Lipinski definition) is 2. The second-order valence-electron chi connectivity index (χ2n) is 5.77. The number of nitrogens with one attached hydrogen (secondary N) is 1. The molecule has 1 aromatic rings. The number of carbonyl (C=O) groups excluding carboxylic acids is 1. The number of rotatable bonds is 3. The minimum absolute atomic E-state index is 0.0323. The first-order chi connectivity index (χ1) is 9.40. The molecule has 3 nitrogen and oxygen atoms in total. The van der Waals surface area contributed by atoms with Gasteiger partial charge in [0, 0.05) is 12.1 Å². The minimum atomic E-state index is -0.455. The average molecular weight is 299 g/mol. The molecule has 1 saturated carbocycles. The van der Waals surface area contributed by atoms with Gasteiger partial charge >= 0.3 is 0 Å². The van der Waals surface area contributed by atoms with Crippen LogP contribution < -0.4 is 11.1 Å². The minimum Gasteiger partial charge on any atom is -0.352 e. The van der Waals surface area contributed by atoms with Crippen molar-refractivity contribution in [2.45, 2.75) is 44.7 Å². The molecule has 3 N–H and O–H groups in total. The van der Waals surface area contributed by atoms with Gasteiger partial charge in [0.15, 0.2) is 0 Å². The number of halogens is 2. The molecule has 5 heteroatoms. The van der Waals surface area contributed by atoms with E-state index in [9.17, 15) is 9.18 Å². The summed E-state index contributed by atoms with van der Waals surface area (Å²) in [5, 5.41) is 2.94. The lowest BCUT2D eigenvalue weighted by molar-refractivity contribution is -0.128. The first-order valence-corrected chi connectivity index (χ1v) is 7.28. The van der Waals surface area contributed by atoms with E-state index in [2.05, 4.69) is 5.32 Å². The van der Waals surface area contributed by atoms with Gasteiger partial charge in [0.1, 0.15) is 5.82 Å². The lowest BCUT2D eigenvalue weighted by Gasteiger charge is -2.37. The van der Waals surface area contributed by atoms with Gasteiger partial charge in [0.05, 0.1) is 10.9 Å². The monoisotopic (exact) mass is 298 g/mol. The molecule has 1 aliphatic rings. The number of carbonyl (C=O) groups is 1. The van der Waals surface area contributed by atoms with Crippen molar-refractivity contribution >= 4 is 17.5 Å². The van der Waals surface area contributed by atoms with E-state index in [1.165, 1.54) is 12.1 Å². The second kappa shape index (κ2) is 6.10. The molecule has 0 aromatic heterocycles. The molecule has 1 amide bonds. The fourth-order valence-electron chi connectivity index (χ4n) is 2.75. The standard InChI is InChI=1S/C15H20ClFN2O/c1-15(18)7-3-2-4-11(15)14(20)19-9-10-5-6-13(17)12(16)8-10/h5-6,8,11H,2-4,7,9,18H2,1H3,(H,19,20). The Morgan fingerprint density at radius 3 is 2.95 bits per heavy atom.